The highest BCUT2D eigenvalue weighted by molar-refractivity contribution is 9.10. The Hall–Kier alpha value is -0.900. The fourth-order valence-corrected chi connectivity index (χ4v) is 2.56. The highest BCUT2D eigenvalue weighted by atomic mass is 79.9. The summed E-state index contributed by atoms with van der Waals surface area (Å²) in [5.74, 6) is 0.686. The molecule has 1 aliphatic rings. The van der Waals surface area contributed by atoms with Crippen LogP contribution in [0.15, 0.2) is 27.8 Å². The number of hydrogen-bond donors (Lipinski definition) is 0. The van der Waals surface area contributed by atoms with E-state index in [0.29, 0.717) is 18.5 Å². The summed E-state index contributed by atoms with van der Waals surface area (Å²) in [5.41, 5.74) is 0.816. The van der Waals surface area contributed by atoms with E-state index >= 15 is 0 Å². The zero-order valence-corrected chi connectivity index (χ0v) is 12.3. The molecule has 1 fully saturated rings. The molecule has 1 saturated carbocycles. The van der Waals surface area contributed by atoms with Crippen LogP contribution in [0, 0.1) is 0 Å². The van der Waals surface area contributed by atoms with Gasteiger partial charge in [0.2, 0.25) is 5.90 Å². The molecule has 18 heavy (non-hydrogen) atoms. The normalized spacial score (nSPS) is 17.8. The molecule has 0 atom stereocenters. The molecule has 1 heterocycles. The zero-order chi connectivity index (χ0) is 12.8. The highest BCUT2D eigenvalue weighted by Gasteiger charge is 2.15. The Balaban J connectivity index is 2.18. The molecule has 0 aliphatic heterocycles. The molecule has 0 bridgehead atoms. The average molecular weight is 311 g/mol. The van der Waals surface area contributed by atoms with Crippen LogP contribution >= 0.6 is 15.9 Å². The van der Waals surface area contributed by atoms with Crippen molar-refractivity contribution in [1.82, 2.24) is 4.98 Å². The minimum Gasteiger partial charge on any atom is -0.477 e. The highest BCUT2D eigenvalue weighted by Crippen LogP contribution is 2.21. The molecular weight excluding hydrogens is 292 g/mol. The van der Waals surface area contributed by atoms with Crippen molar-refractivity contribution >= 4 is 21.8 Å². The second-order valence-electron chi connectivity index (χ2n) is 4.50. The lowest BCUT2D eigenvalue weighted by Gasteiger charge is -2.19. The maximum atomic E-state index is 5.65. The van der Waals surface area contributed by atoms with E-state index in [-0.39, 0.29) is 0 Å². The van der Waals surface area contributed by atoms with Gasteiger partial charge in [-0.25, -0.2) is 9.98 Å². The second kappa shape index (κ2) is 6.88. The van der Waals surface area contributed by atoms with Gasteiger partial charge in [-0.3, -0.25) is 0 Å². The summed E-state index contributed by atoms with van der Waals surface area (Å²) in [7, 11) is 0. The van der Waals surface area contributed by atoms with E-state index < -0.39 is 0 Å². The van der Waals surface area contributed by atoms with Gasteiger partial charge in [-0.15, -0.1) is 0 Å². The molecular formula is C14H19BrN2O. The van der Waals surface area contributed by atoms with Crippen LogP contribution in [-0.2, 0) is 4.74 Å². The monoisotopic (exact) mass is 310 g/mol. The van der Waals surface area contributed by atoms with Crippen LogP contribution in [0.3, 0.4) is 0 Å². The number of rotatable bonds is 3. The second-order valence-corrected chi connectivity index (χ2v) is 5.32. The Morgan fingerprint density at radius 1 is 1.39 bits per heavy atom. The lowest BCUT2D eigenvalue weighted by atomic mass is 9.96. The number of aliphatic imine (C=N–C) groups is 1. The summed E-state index contributed by atoms with van der Waals surface area (Å²) in [5, 5.41) is 0. The summed E-state index contributed by atoms with van der Waals surface area (Å²) >= 11 is 3.39. The summed E-state index contributed by atoms with van der Waals surface area (Å²) in [4.78, 5) is 9.17. The molecule has 1 aliphatic carbocycles. The van der Waals surface area contributed by atoms with Gasteiger partial charge in [0.15, 0.2) is 0 Å². The number of ether oxygens (including phenoxy) is 1. The van der Waals surface area contributed by atoms with E-state index in [1.165, 1.54) is 32.1 Å². The number of pyridine rings is 1. The largest absolute Gasteiger partial charge is 0.477 e. The van der Waals surface area contributed by atoms with Gasteiger partial charge in [-0.2, -0.15) is 0 Å². The molecule has 0 radical (unpaired) electrons. The predicted molar refractivity (Wildman–Crippen MR) is 77.0 cm³/mol. The quantitative estimate of drug-likeness (QED) is 0.481. The first-order chi connectivity index (χ1) is 8.79. The van der Waals surface area contributed by atoms with Gasteiger partial charge in [-0.05, 0) is 47.8 Å². The maximum Gasteiger partial charge on any atom is 0.235 e. The summed E-state index contributed by atoms with van der Waals surface area (Å²) < 4.78 is 6.47. The first kappa shape index (κ1) is 13.5. The smallest absolute Gasteiger partial charge is 0.235 e. The van der Waals surface area contributed by atoms with Gasteiger partial charge >= 0.3 is 0 Å². The van der Waals surface area contributed by atoms with E-state index in [9.17, 15) is 0 Å². The maximum absolute atomic E-state index is 5.65. The van der Waals surface area contributed by atoms with Crippen molar-refractivity contribution in [2.45, 2.75) is 45.1 Å². The van der Waals surface area contributed by atoms with Gasteiger partial charge in [0, 0.05) is 0 Å². The van der Waals surface area contributed by atoms with Crippen molar-refractivity contribution in [3.63, 3.8) is 0 Å². The Bertz CT molecular complexity index is 414. The van der Waals surface area contributed by atoms with Crippen LogP contribution in [0.5, 0.6) is 0 Å². The lowest BCUT2D eigenvalue weighted by molar-refractivity contribution is 0.319. The minimum atomic E-state index is 0.404. The number of halogens is 1. The van der Waals surface area contributed by atoms with Gasteiger partial charge in [-0.1, -0.05) is 25.3 Å². The molecule has 4 heteroatoms. The number of hydrogen-bond acceptors (Lipinski definition) is 3. The molecule has 1 aromatic heterocycles. The molecule has 2 rings (SSSR count). The van der Waals surface area contributed by atoms with Crippen LogP contribution < -0.4 is 0 Å². The third-order valence-electron chi connectivity index (χ3n) is 3.09. The van der Waals surface area contributed by atoms with Gasteiger partial charge in [0.1, 0.15) is 10.3 Å². The molecule has 0 spiro atoms. The first-order valence-electron chi connectivity index (χ1n) is 6.63. The third-order valence-corrected chi connectivity index (χ3v) is 3.53. The van der Waals surface area contributed by atoms with E-state index in [1.807, 2.05) is 25.1 Å². The van der Waals surface area contributed by atoms with Crippen molar-refractivity contribution in [1.29, 1.82) is 0 Å². The Labute approximate surface area is 117 Å². The van der Waals surface area contributed by atoms with Gasteiger partial charge in [0.25, 0.3) is 0 Å². The molecule has 0 N–H and O–H groups in total. The number of nitrogens with zero attached hydrogens (tertiary/aromatic N) is 2. The van der Waals surface area contributed by atoms with Gasteiger partial charge < -0.3 is 4.74 Å². The van der Waals surface area contributed by atoms with E-state index in [0.717, 1.165) is 10.3 Å². The van der Waals surface area contributed by atoms with Crippen LogP contribution in [0.1, 0.15) is 44.7 Å². The van der Waals surface area contributed by atoms with Crippen LogP contribution in [0.4, 0.5) is 0 Å². The van der Waals surface area contributed by atoms with Crippen molar-refractivity contribution in [2.75, 3.05) is 6.61 Å². The topological polar surface area (TPSA) is 34.5 Å². The molecule has 3 nitrogen and oxygen atoms in total. The van der Waals surface area contributed by atoms with Crippen LogP contribution in [-0.4, -0.2) is 23.5 Å². The van der Waals surface area contributed by atoms with Gasteiger partial charge in [0.05, 0.1) is 12.6 Å². The fourth-order valence-electron chi connectivity index (χ4n) is 2.22. The molecule has 0 unspecified atom stereocenters. The Morgan fingerprint density at radius 2 is 2.17 bits per heavy atom. The summed E-state index contributed by atoms with van der Waals surface area (Å²) in [6.45, 7) is 2.61. The molecule has 98 valence electrons. The SMILES string of the molecule is CCOC(=NC1CCCCC1)c1cccc(Br)n1. The third kappa shape index (κ3) is 3.80. The Morgan fingerprint density at radius 3 is 2.83 bits per heavy atom. The molecule has 1 aromatic rings. The average Bonchev–Trinajstić information content (AvgIpc) is 2.39. The first-order valence-corrected chi connectivity index (χ1v) is 7.42. The van der Waals surface area contributed by atoms with E-state index in [1.54, 1.807) is 0 Å². The van der Waals surface area contributed by atoms with Crippen LogP contribution in [0.25, 0.3) is 0 Å². The van der Waals surface area contributed by atoms with Crippen molar-refractivity contribution in [2.24, 2.45) is 4.99 Å². The van der Waals surface area contributed by atoms with Crippen LogP contribution in [0.2, 0.25) is 0 Å². The fraction of sp³-hybridized carbons (Fsp3) is 0.571. The lowest BCUT2D eigenvalue weighted by Crippen LogP contribution is -2.16. The van der Waals surface area contributed by atoms with Crippen molar-refractivity contribution in [3.05, 3.63) is 28.5 Å². The summed E-state index contributed by atoms with van der Waals surface area (Å²) in [6, 6.07) is 6.22. The Kier molecular flexibility index (Phi) is 5.17. The number of aromatic nitrogens is 1. The standard InChI is InChI=1S/C14H19BrN2O/c1-2-18-14(12-9-6-10-13(15)17-12)16-11-7-4-3-5-8-11/h6,9-11H,2-5,7-8H2,1H3. The summed E-state index contributed by atoms with van der Waals surface area (Å²) in [6.07, 6.45) is 6.24. The predicted octanol–water partition coefficient (Wildman–Crippen LogP) is 3.96. The van der Waals surface area contributed by atoms with Crippen molar-refractivity contribution in [3.8, 4) is 0 Å². The van der Waals surface area contributed by atoms with E-state index in [4.69, 9.17) is 9.73 Å². The van der Waals surface area contributed by atoms with Crippen molar-refractivity contribution < 1.29 is 4.74 Å². The molecule has 0 saturated heterocycles. The molecule has 0 amide bonds. The van der Waals surface area contributed by atoms with E-state index in [2.05, 4.69) is 20.9 Å². The minimum absolute atomic E-state index is 0.404. The zero-order valence-electron chi connectivity index (χ0n) is 10.7. The molecule has 0 aromatic carbocycles.